The van der Waals surface area contributed by atoms with Crippen LogP contribution in [-0.2, 0) is 0 Å². The third-order valence-corrected chi connectivity index (χ3v) is 5.91. The van der Waals surface area contributed by atoms with E-state index in [0.717, 1.165) is 44.0 Å². The number of anilines is 1. The van der Waals surface area contributed by atoms with E-state index >= 15 is 0 Å². The minimum Gasteiger partial charge on any atom is -0.505 e. The Morgan fingerprint density at radius 3 is 2.68 bits per heavy atom. The van der Waals surface area contributed by atoms with Gasteiger partial charge in [0.05, 0.1) is 0 Å². The minimum absolute atomic E-state index is 0.0511. The summed E-state index contributed by atoms with van der Waals surface area (Å²) in [6.07, 6.45) is 3.61. The highest BCUT2D eigenvalue weighted by molar-refractivity contribution is 6.30. The molecular weight excluding hydrogens is 376 g/mol. The van der Waals surface area contributed by atoms with Crippen LogP contribution in [0.2, 0.25) is 5.02 Å². The second-order valence-electron chi connectivity index (χ2n) is 7.42. The Balaban J connectivity index is 1.37. The molecule has 1 aromatic heterocycles. The summed E-state index contributed by atoms with van der Waals surface area (Å²) < 4.78 is 0. The number of hydrogen-bond acceptors (Lipinski definition) is 5. The summed E-state index contributed by atoms with van der Waals surface area (Å²) in [5.74, 6) is -0.231. The molecule has 0 radical (unpaired) electrons. The summed E-state index contributed by atoms with van der Waals surface area (Å²) in [4.78, 5) is 23.5. The van der Waals surface area contributed by atoms with Crippen LogP contribution in [-0.4, -0.2) is 71.1 Å². The van der Waals surface area contributed by atoms with E-state index in [4.69, 9.17) is 11.6 Å². The van der Waals surface area contributed by atoms with Crippen LogP contribution >= 0.6 is 11.6 Å². The molecule has 4 rings (SSSR count). The minimum atomic E-state index is -0.180. The monoisotopic (exact) mass is 400 g/mol. The van der Waals surface area contributed by atoms with E-state index < -0.39 is 0 Å². The number of rotatable bonds is 3. The Bertz CT molecular complexity index is 839. The van der Waals surface area contributed by atoms with E-state index in [1.807, 2.05) is 23.1 Å². The van der Waals surface area contributed by atoms with Gasteiger partial charge in [-0.1, -0.05) is 17.7 Å². The fourth-order valence-corrected chi connectivity index (χ4v) is 4.35. The van der Waals surface area contributed by atoms with Crippen LogP contribution in [0.3, 0.4) is 0 Å². The molecule has 0 saturated carbocycles. The molecular formula is C21H25ClN4O2. The summed E-state index contributed by atoms with van der Waals surface area (Å²) in [5, 5.41) is 10.7. The Morgan fingerprint density at radius 2 is 1.93 bits per heavy atom. The molecule has 3 heterocycles. The number of aromatic nitrogens is 1. The van der Waals surface area contributed by atoms with Gasteiger partial charge in [-0.25, -0.2) is 4.98 Å². The van der Waals surface area contributed by atoms with E-state index in [-0.39, 0.29) is 17.4 Å². The quantitative estimate of drug-likeness (QED) is 0.858. The zero-order valence-electron chi connectivity index (χ0n) is 15.8. The van der Waals surface area contributed by atoms with Crippen LogP contribution in [0.5, 0.6) is 5.75 Å². The standard InChI is InChI=1S/C21H25ClN4O2/c22-16-4-1-5-17(14-16)24-10-12-25(13-11-24)18-6-3-9-26(15-18)21(28)20-19(27)7-2-8-23-20/h1-2,4-5,7-8,14,18,27H,3,6,9-13,15H2. The molecule has 2 aliphatic heterocycles. The summed E-state index contributed by atoms with van der Waals surface area (Å²) in [6.45, 7) is 5.24. The van der Waals surface area contributed by atoms with Gasteiger partial charge in [-0.3, -0.25) is 9.69 Å². The van der Waals surface area contributed by atoms with Gasteiger partial charge in [0.1, 0.15) is 5.75 Å². The van der Waals surface area contributed by atoms with Crippen molar-refractivity contribution in [2.45, 2.75) is 18.9 Å². The summed E-state index contributed by atoms with van der Waals surface area (Å²) in [6, 6.07) is 11.5. The third-order valence-electron chi connectivity index (χ3n) is 5.68. The normalized spacial score (nSPS) is 21.0. The van der Waals surface area contributed by atoms with Gasteiger partial charge < -0.3 is 14.9 Å². The highest BCUT2D eigenvalue weighted by Crippen LogP contribution is 2.24. The van der Waals surface area contributed by atoms with Crippen LogP contribution in [0.1, 0.15) is 23.3 Å². The first-order valence-electron chi connectivity index (χ1n) is 9.79. The van der Waals surface area contributed by atoms with Gasteiger partial charge in [0.2, 0.25) is 0 Å². The molecule has 1 N–H and O–H groups in total. The number of piperazine rings is 1. The fraction of sp³-hybridized carbons (Fsp3) is 0.429. The average Bonchev–Trinajstić information content (AvgIpc) is 2.74. The number of benzene rings is 1. The van der Waals surface area contributed by atoms with E-state index in [1.54, 1.807) is 12.3 Å². The van der Waals surface area contributed by atoms with Crippen LogP contribution in [0, 0.1) is 0 Å². The van der Waals surface area contributed by atoms with Gasteiger partial charge in [-0.2, -0.15) is 0 Å². The van der Waals surface area contributed by atoms with Crippen molar-refractivity contribution in [3.05, 3.63) is 53.3 Å². The number of halogens is 1. The zero-order chi connectivity index (χ0) is 19.5. The molecule has 6 nitrogen and oxygen atoms in total. The Morgan fingerprint density at radius 1 is 1.11 bits per heavy atom. The van der Waals surface area contributed by atoms with Crippen LogP contribution < -0.4 is 4.90 Å². The molecule has 1 unspecified atom stereocenters. The maximum absolute atomic E-state index is 12.8. The summed E-state index contributed by atoms with van der Waals surface area (Å²) in [7, 11) is 0. The fourth-order valence-electron chi connectivity index (χ4n) is 4.17. The number of carbonyl (C=O) groups excluding carboxylic acids is 1. The topological polar surface area (TPSA) is 59.9 Å². The Labute approximate surface area is 170 Å². The van der Waals surface area contributed by atoms with Crippen molar-refractivity contribution in [1.29, 1.82) is 0 Å². The number of piperidine rings is 1. The number of carbonyl (C=O) groups is 1. The molecule has 2 aliphatic rings. The molecule has 2 saturated heterocycles. The molecule has 0 bridgehead atoms. The van der Waals surface area contributed by atoms with Crippen LogP contribution in [0.4, 0.5) is 5.69 Å². The van der Waals surface area contributed by atoms with Gasteiger partial charge in [-0.05, 0) is 43.2 Å². The molecule has 148 valence electrons. The third kappa shape index (κ3) is 4.08. The lowest BCUT2D eigenvalue weighted by molar-refractivity contribution is 0.0555. The maximum atomic E-state index is 12.8. The number of amides is 1. The van der Waals surface area contributed by atoms with Gasteiger partial charge in [0.15, 0.2) is 5.69 Å². The predicted molar refractivity (Wildman–Crippen MR) is 110 cm³/mol. The van der Waals surface area contributed by atoms with Gasteiger partial charge in [-0.15, -0.1) is 0 Å². The number of likely N-dealkylation sites (tertiary alicyclic amines) is 1. The molecule has 1 atom stereocenters. The lowest BCUT2D eigenvalue weighted by Crippen LogP contribution is -2.56. The molecule has 0 spiro atoms. The van der Waals surface area contributed by atoms with Crippen molar-refractivity contribution in [3.63, 3.8) is 0 Å². The van der Waals surface area contributed by atoms with Crippen LogP contribution in [0.15, 0.2) is 42.6 Å². The second-order valence-corrected chi connectivity index (χ2v) is 7.86. The van der Waals surface area contributed by atoms with Crippen molar-refractivity contribution in [2.75, 3.05) is 44.2 Å². The highest BCUT2D eigenvalue weighted by atomic mass is 35.5. The maximum Gasteiger partial charge on any atom is 0.276 e. The first-order chi connectivity index (χ1) is 13.6. The van der Waals surface area contributed by atoms with Gasteiger partial charge in [0, 0.05) is 62.2 Å². The van der Waals surface area contributed by atoms with Gasteiger partial charge >= 0.3 is 0 Å². The number of nitrogens with zero attached hydrogens (tertiary/aromatic N) is 4. The smallest absolute Gasteiger partial charge is 0.276 e. The molecule has 28 heavy (non-hydrogen) atoms. The molecule has 2 aromatic rings. The van der Waals surface area contributed by atoms with Crippen molar-refractivity contribution in [2.24, 2.45) is 0 Å². The SMILES string of the molecule is O=C(c1ncccc1O)N1CCCC(N2CCN(c3cccc(Cl)c3)CC2)C1. The van der Waals surface area contributed by atoms with E-state index in [1.165, 1.54) is 11.8 Å². The van der Waals surface area contributed by atoms with Crippen molar-refractivity contribution in [3.8, 4) is 5.75 Å². The highest BCUT2D eigenvalue weighted by Gasteiger charge is 2.31. The van der Waals surface area contributed by atoms with Crippen molar-refractivity contribution in [1.82, 2.24) is 14.8 Å². The Hall–Kier alpha value is -2.31. The first-order valence-corrected chi connectivity index (χ1v) is 10.2. The first kappa shape index (κ1) is 19.0. The lowest BCUT2D eigenvalue weighted by Gasteiger charge is -2.43. The van der Waals surface area contributed by atoms with Gasteiger partial charge in [0.25, 0.3) is 5.91 Å². The number of pyridine rings is 1. The summed E-state index contributed by atoms with van der Waals surface area (Å²) in [5.41, 5.74) is 1.31. The van der Waals surface area contributed by atoms with E-state index in [0.29, 0.717) is 19.1 Å². The predicted octanol–water partition coefficient (Wildman–Crippen LogP) is 2.87. The van der Waals surface area contributed by atoms with E-state index in [2.05, 4.69) is 20.9 Å². The number of hydrogen-bond donors (Lipinski definition) is 1. The van der Waals surface area contributed by atoms with Crippen molar-refractivity contribution < 1.29 is 9.90 Å². The number of aromatic hydroxyl groups is 1. The molecule has 1 aromatic carbocycles. The molecule has 2 fully saturated rings. The molecule has 1 amide bonds. The largest absolute Gasteiger partial charge is 0.505 e. The second kappa shape index (κ2) is 8.37. The van der Waals surface area contributed by atoms with Crippen LogP contribution in [0.25, 0.3) is 0 Å². The lowest BCUT2D eigenvalue weighted by atomic mass is 10.0. The molecule has 7 heteroatoms. The molecule has 0 aliphatic carbocycles. The Kier molecular flexibility index (Phi) is 5.69. The zero-order valence-corrected chi connectivity index (χ0v) is 16.6. The summed E-state index contributed by atoms with van der Waals surface area (Å²) >= 11 is 6.12. The average molecular weight is 401 g/mol. The van der Waals surface area contributed by atoms with E-state index in [9.17, 15) is 9.90 Å². The van der Waals surface area contributed by atoms with Crippen molar-refractivity contribution >= 4 is 23.2 Å².